The van der Waals surface area contributed by atoms with Gasteiger partial charge in [-0.2, -0.15) is 0 Å². The van der Waals surface area contributed by atoms with Crippen LogP contribution in [0.4, 0.5) is 5.69 Å². The van der Waals surface area contributed by atoms with Gasteiger partial charge in [-0.25, -0.2) is 4.79 Å². The molecule has 0 saturated carbocycles. The summed E-state index contributed by atoms with van der Waals surface area (Å²) in [6.07, 6.45) is 0. The van der Waals surface area contributed by atoms with Crippen LogP contribution in [0.5, 0.6) is 5.75 Å². The number of anilines is 1. The highest BCUT2D eigenvalue weighted by Gasteiger charge is 2.63. The molecule has 1 spiro atoms. The molecular weight excluding hydrogens is 376 g/mol. The molecule has 7 heteroatoms. The lowest BCUT2D eigenvalue weighted by atomic mass is 9.80. The van der Waals surface area contributed by atoms with Gasteiger partial charge in [-0.05, 0) is 39.0 Å². The lowest BCUT2D eigenvalue weighted by Gasteiger charge is -2.42. The molecule has 2 aromatic carbocycles. The van der Waals surface area contributed by atoms with Crippen LogP contribution in [0, 0.1) is 0 Å². The predicted molar refractivity (Wildman–Crippen MR) is 106 cm³/mol. The molecule has 2 aliphatic rings. The quantitative estimate of drug-likeness (QED) is 0.440. The van der Waals surface area contributed by atoms with Crippen LogP contribution in [0.1, 0.15) is 32.3 Å². The van der Waals surface area contributed by atoms with Gasteiger partial charge in [-0.15, -0.1) is 0 Å². The van der Waals surface area contributed by atoms with Gasteiger partial charge in [0, 0.05) is 16.0 Å². The Morgan fingerprint density at radius 2 is 1.79 bits per heavy atom. The summed E-state index contributed by atoms with van der Waals surface area (Å²) in [6, 6.07) is 14.1. The van der Waals surface area contributed by atoms with E-state index in [0.717, 1.165) is 11.8 Å². The number of nitrogens with one attached hydrogen (secondary N) is 2. The summed E-state index contributed by atoms with van der Waals surface area (Å²) in [5, 5.41) is 5.72. The Hall–Kier alpha value is -2.80. The molecule has 0 saturated heterocycles. The number of amides is 2. The van der Waals surface area contributed by atoms with Gasteiger partial charge >= 0.3 is 5.97 Å². The average molecular weight is 396 g/mol. The topological polar surface area (TPSA) is 84.5 Å². The Kier molecular flexibility index (Phi) is 4.23. The van der Waals surface area contributed by atoms with Gasteiger partial charge in [0.1, 0.15) is 11.7 Å². The molecule has 4 rings (SSSR count). The number of carbonyl (C=O) groups is 3. The molecule has 0 aliphatic carbocycles. The third-order valence-corrected chi connectivity index (χ3v) is 6.13. The molecule has 0 bridgehead atoms. The Balaban J connectivity index is 1.90. The van der Waals surface area contributed by atoms with Gasteiger partial charge in [0.25, 0.3) is 5.91 Å². The lowest BCUT2D eigenvalue weighted by molar-refractivity contribution is -0.146. The van der Waals surface area contributed by atoms with Crippen molar-refractivity contribution in [2.75, 3.05) is 5.32 Å². The maximum absolute atomic E-state index is 13.3. The smallest absolute Gasteiger partial charge is 0.338 e. The van der Waals surface area contributed by atoms with Crippen LogP contribution in [0.15, 0.2) is 53.4 Å². The van der Waals surface area contributed by atoms with E-state index in [2.05, 4.69) is 10.6 Å². The predicted octanol–water partition coefficient (Wildman–Crippen LogP) is 3.09. The fourth-order valence-electron chi connectivity index (χ4n) is 3.51. The van der Waals surface area contributed by atoms with Crippen LogP contribution in [-0.2, 0) is 14.4 Å². The molecule has 28 heavy (non-hydrogen) atoms. The van der Waals surface area contributed by atoms with E-state index in [1.54, 1.807) is 36.4 Å². The highest BCUT2D eigenvalue weighted by molar-refractivity contribution is 8.02. The molecule has 2 atom stereocenters. The molecule has 2 unspecified atom stereocenters. The summed E-state index contributed by atoms with van der Waals surface area (Å²) in [6.45, 7) is 5.57. The van der Waals surface area contributed by atoms with Crippen molar-refractivity contribution < 1.29 is 19.1 Å². The Morgan fingerprint density at radius 1 is 1.11 bits per heavy atom. The summed E-state index contributed by atoms with van der Waals surface area (Å²) < 4.78 is 3.78. The maximum atomic E-state index is 13.3. The second-order valence-electron chi connectivity index (χ2n) is 7.89. The molecule has 2 aliphatic heterocycles. The zero-order valence-corrected chi connectivity index (χ0v) is 16.6. The van der Waals surface area contributed by atoms with E-state index in [1.165, 1.54) is 0 Å². The van der Waals surface area contributed by atoms with Gasteiger partial charge in [0.05, 0.1) is 5.69 Å². The lowest BCUT2D eigenvalue weighted by Crippen LogP contribution is -2.61. The van der Waals surface area contributed by atoms with Gasteiger partial charge in [-0.1, -0.05) is 42.1 Å². The molecule has 6 nitrogen and oxygen atoms in total. The summed E-state index contributed by atoms with van der Waals surface area (Å²) in [7, 11) is 0. The van der Waals surface area contributed by atoms with Crippen molar-refractivity contribution in [1.82, 2.24) is 5.32 Å². The first-order valence-electron chi connectivity index (χ1n) is 8.95. The van der Waals surface area contributed by atoms with Crippen molar-refractivity contribution in [2.45, 2.75) is 41.9 Å². The highest BCUT2D eigenvalue weighted by atomic mass is 32.2. The molecule has 2 aromatic rings. The maximum Gasteiger partial charge on any atom is 0.338 e. The molecule has 0 radical (unpaired) electrons. The minimum Gasteiger partial charge on any atom is -0.425 e. The van der Waals surface area contributed by atoms with E-state index in [1.807, 2.05) is 32.9 Å². The summed E-state index contributed by atoms with van der Waals surface area (Å²) in [4.78, 5) is 40.4. The van der Waals surface area contributed by atoms with Crippen LogP contribution in [0.3, 0.4) is 0 Å². The number of ether oxygens (including phenoxy) is 1. The minimum absolute atomic E-state index is 0.305. The Morgan fingerprint density at radius 3 is 2.54 bits per heavy atom. The fraction of sp³-hybridized carbons (Fsp3) is 0.286. The van der Waals surface area contributed by atoms with Crippen LogP contribution >= 0.6 is 11.8 Å². The zero-order chi connectivity index (χ0) is 20.1. The molecule has 2 N–H and O–H groups in total. The summed E-state index contributed by atoms with van der Waals surface area (Å²) in [5.41, 5.74) is 0.609. The van der Waals surface area contributed by atoms with Gasteiger partial charge < -0.3 is 15.4 Å². The number of hydrogen-bond donors (Lipinski definition) is 2. The van der Waals surface area contributed by atoms with E-state index < -0.39 is 34.0 Å². The van der Waals surface area contributed by atoms with Crippen molar-refractivity contribution in [1.29, 1.82) is 0 Å². The number of thioether (sulfide) groups is 1. The second-order valence-corrected chi connectivity index (χ2v) is 9.18. The van der Waals surface area contributed by atoms with Gasteiger partial charge in [0.2, 0.25) is 10.7 Å². The molecule has 144 valence electrons. The first kappa shape index (κ1) is 18.6. The van der Waals surface area contributed by atoms with Crippen LogP contribution in [0.2, 0.25) is 0 Å². The van der Waals surface area contributed by atoms with E-state index >= 15 is 0 Å². The highest BCUT2D eigenvalue weighted by Crippen LogP contribution is 2.54. The molecule has 2 heterocycles. The molecule has 2 amide bonds. The van der Waals surface area contributed by atoms with Gasteiger partial charge in [-0.3, -0.25) is 9.59 Å². The van der Waals surface area contributed by atoms with Crippen molar-refractivity contribution >= 4 is 35.2 Å². The first-order chi connectivity index (χ1) is 13.2. The van der Waals surface area contributed by atoms with E-state index in [-0.39, 0.29) is 0 Å². The van der Waals surface area contributed by atoms with Gasteiger partial charge in [0.15, 0.2) is 0 Å². The van der Waals surface area contributed by atoms with Crippen LogP contribution in [-0.4, -0.2) is 28.1 Å². The van der Waals surface area contributed by atoms with Crippen LogP contribution in [0.25, 0.3) is 0 Å². The Labute approximate surface area is 167 Å². The largest absolute Gasteiger partial charge is 0.425 e. The van der Waals surface area contributed by atoms with Crippen molar-refractivity contribution in [2.24, 2.45) is 0 Å². The number of benzene rings is 2. The van der Waals surface area contributed by atoms with Crippen LogP contribution < -0.4 is 15.4 Å². The van der Waals surface area contributed by atoms with E-state index in [9.17, 15) is 14.4 Å². The summed E-state index contributed by atoms with van der Waals surface area (Å²) >= 11 is 1.08. The summed E-state index contributed by atoms with van der Waals surface area (Å²) in [5.74, 6) is -2.40. The third-order valence-electron chi connectivity index (χ3n) is 4.65. The number of hydrogen-bond acceptors (Lipinski definition) is 5. The van der Waals surface area contributed by atoms with E-state index in [0.29, 0.717) is 21.9 Å². The molecular formula is C21H20N2O4S. The second kappa shape index (κ2) is 6.38. The molecule has 0 aromatic heterocycles. The first-order valence-corrected chi connectivity index (χ1v) is 9.77. The zero-order valence-electron chi connectivity index (χ0n) is 15.7. The number of carbonyl (C=O) groups excluding carboxylic acids is 3. The van der Waals surface area contributed by atoms with Crippen molar-refractivity contribution in [3.05, 3.63) is 54.1 Å². The monoisotopic (exact) mass is 396 g/mol. The normalized spacial score (nSPS) is 23.3. The number of fused-ring (bicyclic) bond motifs is 2. The number of para-hydroxylation sites is 2. The number of esters is 1. The van der Waals surface area contributed by atoms with Crippen molar-refractivity contribution in [3.8, 4) is 5.75 Å². The number of rotatable bonds is 1. The van der Waals surface area contributed by atoms with E-state index in [4.69, 9.17) is 4.74 Å². The Bertz CT molecular complexity index is 988. The SMILES string of the molecule is CC(C)(C)NC(=O)C1c2ccccc2OC(=O)C12Sc1ccccc1NC2=O. The fourth-order valence-corrected chi connectivity index (χ4v) is 4.85. The minimum atomic E-state index is -1.74. The average Bonchev–Trinajstić information content (AvgIpc) is 2.61. The molecule has 0 fully saturated rings. The standard InChI is InChI=1S/C21H20N2O4S/c1-20(2,3)23-17(24)16-12-8-4-6-10-14(12)27-19(26)21(16)18(25)22-13-9-5-7-11-15(13)28-21/h4-11,16H,1-3H3,(H,22,25)(H,23,24). The third kappa shape index (κ3) is 2.86. The van der Waals surface area contributed by atoms with Crippen molar-refractivity contribution in [3.63, 3.8) is 0 Å².